The van der Waals surface area contributed by atoms with E-state index in [-0.39, 0.29) is 11.4 Å². The summed E-state index contributed by atoms with van der Waals surface area (Å²) in [5.41, 5.74) is 0. The molecule has 1 heterocycles. The third-order valence-electron chi connectivity index (χ3n) is 3.56. The average Bonchev–Trinajstić information content (AvgIpc) is 2.87. The fraction of sp³-hybridized carbons (Fsp3) is 0.846. The SMILES string of the molecule is CCC1SCC(C(=O)O)N1C(=O)NCCN(CC)CC. The first-order valence-corrected chi connectivity index (χ1v) is 8.22. The summed E-state index contributed by atoms with van der Waals surface area (Å²) in [5.74, 6) is -0.454. The molecule has 2 unspecified atom stereocenters. The Kier molecular flexibility index (Phi) is 7.15. The number of amides is 2. The quantitative estimate of drug-likeness (QED) is 0.741. The van der Waals surface area contributed by atoms with Crippen molar-refractivity contribution in [2.24, 2.45) is 0 Å². The Morgan fingerprint density at radius 1 is 1.35 bits per heavy atom. The van der Waals surface area contributed by atoms with E-state index in [0.29, 0.717) is 12.3 Å². The van der Waals surface area contributed by atoms with Gasteiger partial charge in [0.15, 0.2) is 0 Å². The van der Waals surface area contributed by atoms with Crippen molar-refractivity contribution < 1.29 is 14.7 Å². The Bertz CT molecular complexity index is 337. The Balaban J connectivity index is 2.52. The van der Waals surface area contributed by atoms with Crippen molar-refractivity contribution in [1.82, 2.24) is 15.1 Å². The van der Waals surface area contributed by atoms with Crippen LogP contribution < -0.4 is 5.32 Å². The number of rotatable bonds is 7. The largest absolute Gasteiger partial charge is 0.480 e. The topological polar surface area (TPSA) is 72.9 Å². The molecule has 1 rings (SSSR count). The predicted octanol–water partition coefficient (Wildman–Crippen LogP) is 1.28. The number of urea groups is 1. The van der Waals surface area contributed by atoms with Gasteiger partial charge < -0.3 is 15.3 Å². The zero-order valence-corrected chi connectivity index (χ0v) is 13.3. The van der Waals surface area contributed by atoms with Crippen LogP contribution in [0.15, 0.2) is 0 Å². The van der Waals surface area contributed by atoms with Crippen LogP contribution in [-0.2, 0) is 4.79 Å². The minimum atomic E-state index is -0.924. The third kappa shape index (κ3) is 4.28. The molecule has 0 bridgehead atoms. The summed E-state index contributed by atoms with van der Waals surface area (Å²) < 4.78 is 0. The molecule has 0 saturated carbocycles. The molecule has 7 heteroatoms. The van der Waals surface area contributed by atoms with Crippen LogP contribution in [0.25, 0.3) is 0 Å². The number of hydrogen-bond donors (Lipinski definition) is 2. The lowest BCUT2D eigenvalue weighted by Crippen LogP contribution is -2.51. The van der Waals surface area contributed by atoms with Crippen LogP contribution in [0.1, 0.15) is 27.2 Å². The molecule has 116 valence electrons. The average molecular weight is 303 g/mol. The van der Waals surface area contributed by atoms with E-state index in [2.05, 4.69) is 24.1 Å². The van der Waals surface area contributed by atoms with E-state index in [1.165, 1.54) is 16.7 Å². The summed E-state index contributed by atoms with van der Waals surface area (Å²) >= 11 is 1.54. The van der Waals surface area contributed by atoms with Crippen molar-refractivity contribution in [3.63, 3.8) is 0 Å². The molecule has 1 aliphatic heterocycles. The lowest BCUT2D eigenvalue weighted by Gasteiger charge is -2.27. The number of carboxylic acid groups (broad SMARTS) is 1. The maximum Gasteiger partial charge on any atom is 0.327 e. The molecule has 0 aromatic rings. The number of carboxylic acids is 1. The number of thioether (sulfide) groups is 1. The van der Waals surface area contributed by atoms with Gasteiger partial charge in [0, 0.05) is 18.8 Å². The molecule has 0 spiro atoms. The second-order valence-electron chi connectivity index (χ2n) is 4.72. The highest BCUT2D eigenvalue weighted by Crippen LogP contribution is 2.31. The molecule has 20 heavy (non-hydrogen) atoms. The first-order chi connectivity index (χ1) is 9.54. The molecule has 2 N–H and O–H groups in total. The Hall–Kier alpha value is -0.950. The molecule has 0 aromatic heterocycles. The van der Waals surface area contributed by atoms with Crippen LogP contribution >= 0.6 is 11.8 Å². The summed E-state index contributed by atoms with van der Waals surface area (Å²) in [5, 5.41) is 12.0. The minimum Gasteiger partial charge on any atom is -0.480 e. The molecule has 0 aliphatic carbocycles. The summed E-state index contributed by atoms with van der Waals surface area (Å²) in [4.78, 5) is 27.1. The smallest absolute Gasteiger partial charge is 0.327 e. The summed E-state index contributed by atoms with van der Waals surface area (Å²) in [6.07, 6.45) is 0.762. The van der Waals surface area contributed by atoms with Gasteiger partial charge in [0.25, 0.3) is 0 Å². The molecule has 0 aromatic carbocycles. The second kappa shape index (κ2) is 8.36. The van der Waals surface area contributed by atoms with Crippen LogP contribution in [0.3, 0.4) is 0 Å². The normalized spacial score (nSPS) is 22.3. The first kappa shape index (κ1) is 17.1. The molecule has 0 radical (unpaired) electrons. The van der Waals surface area contributed by atoms with Crippen molar-refractivity contribution in [3.8, 4) is 0 Å². The van der Waals surface area contributed by atoms with Gasteiger partial charge in [0.05, 0.1) is 5.37 Å². The second-order valence-corrected chi connectivity index (χ2v) is 5.93. The number of aliphatic carboxylic acids is 1. The van der Waals surface area contributed by atoms with E-state index in [1.54, 1.807) is 0 Å². The van der Waals surface area contributed by atoms with Crippen LogP contribution in [0.2, 0.25) is 0 Å². The van der Waals surface area contributed by atoms with Gasteiger partial charge in [-0.2, -0.15) is 0 Å². The standard InChI is InChI=1S/C13H25N3O3S/c1-4-11-16(10(9-20-11)12(17)18)13(19)14-7-8-15(5-2)6-3/h10-11H,4-9H2,1-3H3,(H,14,19)(H,17,18). The molecule has 2 amide bonds. The fourth-order valence-corrected chi connectivity index (χ4v) is 3.64. The number of likely N-dealkylation sites (N-methyl/N-ethyl adjacent to an activating group) is 1. The van der Waals surface area contributed by atoms with Crippen LogP contribution in [0, 0.1) is 0 Å². The van der Waals surface area contributed by atoms with Gasteiger partial charge in [-0.05, 0) is 19.5 Å². The lowest BCUT2D eigenvalue weighted by atomic mass is 10.3. The maximum absolute atomic E-state index is 12.2. The highest BCUT2D eigenvalue weighted by atomic mass is 32.2. The van der Waals surface area contributed by atoms with Crippen LogP contribution in [0.4, 0.5) is 4.79 Å². The molecule has 1 aliphatic rings. The Morgan fingerprint density at radius 3 is 2.50 bits per heavy atom. The monoisotopic (exact) mass is 303 g/mol. The van der Waals surface area contributed by atoms with E-state index < -0.39 is 12.0 Å². The van der Waals surface area contributed by atoms with E-state index in [1.807, 2.05) is 6.92 Å². The number of nitrogens with one attached hydrogen (secondary N) is 1. The van der Waals surface area contributed by atoms with Crippen molar-refractivity contribution >= 4 is 23.8 Å². The third-order valence-corrected chi connectivity index (χ3v) is 5.01. The first-order valence-electron chi connectivity index (χ1n) is 7.17. The molecule has 1 fully saturated rings. The van der Waals surface area contributed by atoms with Crippen LogP contribution in [0.5, 0.6) is 0 Å². The molecular weight excluding hydrogens is 278 g/mol. The summed E-state index contributed by atoms with van der Waals surface area (Å²) in [7, 11) is 0. The van der Waals surface area contributed by atoms with Gasteiger partial charge in [-0.1, -0.05) is 20.8 Å². The van der Waals surface area contributed by atoms with Crippen LogP contribution in [-0.4, -0.2) is 70.3 Å². The number of nitrogens with zero attached hydrogens (tertiary/aromatic N) is 2. The van der Waals surface area contributed by atoms with Gasteiger partial charge in [-0.15, -0.1) is 11.8 Å². The highest BCUT2D eigenvalue weighted by Gasteiger charge is 2.40. The molecule has 2 atom stereocenters. The van der Waals surface area contributed by atoms with Gasteiger partial charge in [-0.25, -0.2) is 9.59 Å². The number of carbonyl (C=O) groups is 2. The predicted molar refractivity (Wildman–Crippen MR) is 81.0 cm³/mol. The van der Waals surface area contributed by atoms with Crippen molar-refractivity contribution in [1.29, 1.82) is 0 Å². The minimum absolute atomic E-state index is 0.0375. The Morgan fingerprint density at radius 2 is 2.00 bits per heavy atom. The fourth-order valence-electron chi connectivity index (χ4n) is 2.29. The lowest BCUT2D eigenvalue weighted by molar-refractivity contribution is -0.141. The zero-order valence-electron chi connectivity index (χ0n) is 12.5. The van der Waals surface area contributed by atoms with E-state index in [0.717, 1.165) is 26.1 Å². The maximum atomic E-state index is 12.2. The van der Waals surface area contributed by atoms with Crippen molar-refractivity contribution in [2.45, 2.75) is 38.6 Å². The van der Waals surface area contributed by atoms with E-state index >= 15 is 0 Å². The summed E-state index contributed by atoms with van der Waals surface area (Å²) in [6, 6.07) is -0.972. The van der Waals surface area contributed by atoms with Gasteiger partial charge in [0.2, 0.25) is 0 Å². The van der Waals surface area contributed by atoms with Gasteiger partial charge in [0.1, 0.15) is 6.04 Å². The summed E-state index contributed by atoms with van der Waals surface area (Å²) in [6.45, 7) is 9.35. The van der Waals surface area contributed by atoms with E-state index in [4.69, 9.17) is 0 Å². The number of carbonyl (C=O) groups excluding carboxylic acids is 1. The van der Waals surface area contributed by atoms with Gasteiger partial charge >= 0.3 is 12.0 Å². The van der Waals surface area contributed by atoms with Gasteiger partial charge in [-0.3, -0.25) is 4.90 Å². The number of hydrogen-bond acceptors (Lipinski definition) is 4. The molecule has 1 saturated heterocycles. The van der Waals surface area contributed by atoms with E-state index in [9.17, 15) is 14.7 Å². The molecular formula is C13H25N3O3S. The molecule has 6 nitrogen and oxygen atoms in total. The van der Waals surface area contributed by atoms with Crippen molar-refractivity contribution in [2.75, 3.05) is 31.9 Å². The Labute approximate surface area is 124 Å². The zero-order chi connectivity index (χ0) is 15.1. The van der Waals surface area contributed by atoms with Crippen molar-refractivity contribution in [3.05, 3.63) is 0 Å². The highest BCUT2D eigenvalue weighted by molar-refractivity contribution is 8.00.